The van der Waals surface area contributed by atoms with Crippen molar-refractivity contribution in [2.45, 2.75) is 19.8 Å². The Balaban J connectivity index is 3.24. The third-order valence-corrected chi connectivity index (χ3v) is 1.79. The first kappa shape index (κ1) is 8.64. The van der Waals surface area contributed by atoms with Crippen LogP contribution < -0.4 is 17.2 Å². The Morgan fingerprint density at radius 2 is 2.17 bits per heavy atom. The SMILES string of the molecule is CC(C)c1ccn(N)/c(=N\N)c1. The number of rotatable bonds is 1. The fourth-order valence-electron chi connectivity index (χ4n) is 0.978. The highest BCUT2D eigenvalue weighted by Crippen LogP contribution is 2.09. The molecular weight excluding hydrogens is 152 g/mol. The van der Waals surface area contributed by atoms with E-state index in [4.69, 9.17) is 11.7 Å². The van der Waals surface area contributed by atoms with Gasteiger partial charge in [0, 0.05) is 6.20 Å². The highest BCUT2D eigenvalue weighted by Gasteiger charge is 1.98. The van der Waals surface area contributed by atoms with E-state index in [-0.39, 0.29) is 0 Å². The molecular formula is C8H14N4. The summed E-state index contributed by atoms with van der Waals surface area (Å²) in [5.74, 6) is 11.2. The number of aromatic nitrogens is 1. The summed E-state index contributed by atoms with van der Waals surface area (Å²) in [4.78, 5) is 0. The molecule has 0 spiro atoms. The van der Waals surface area contributed by atoms with E-state index in [1.807, 2.05) is 12.1 Å². The van der Waals surface area contributed by atoms with Gasteiger partial charge >= 0.3 is 0 Å². The van der Waals surface area contributed by atoms with Crippen molar-refractivity contribution < 1.29 is 0 Å². The Hall–Kier alpha value is -1.45. The Morgan fingerprint density at radius 1 is 1.50 bits per heavy atom. The van der Waals surface area contributed by atoms with Crippen molar-refractivity contribution >= 4 is 0 Å². The van der Waals surface area contributed by atoms with Gasteiger partial charge in [-0.3, -0.25) is 4.68 Å². The summed E-state index contributed by atoms with van der Waals surface area (Å²) >= 11 is 0. The molecule has 4 nitrogen and oxygen atoms in total. The monoisotopic (exact) mass is 166 g/mol. The van der Waals surface area contributed by atoms with Crippen LogP contribution in [0.3, 0.4) is 0 Å². The molecule has 0 aliphatic heterocycles. The summed E-state index contributed by atoms with van der Waals surface area (Å²) in [6.45, 7) is 4.22. The zero-order valence-electron chi connectivity index (χ0n) is 7.36. The smallest absolute Gasteiger partial charge is 0.170 e. The Morgan fingerprint density at radius 3 is 2.67 bits per heavy atom. The van der Waals surface area contributed by atoms with Gasteiger partial charge in [0.25, 0.3) is 0 Å². The maximum Gasteiger partial charge on any atom is 0.170 e. The molecule has 0 saturated carbocycles. The molecule has 1 heterocycles. The molecule has 4 heteroatoms. The van der Waals surface area contributed by atoms with Crippen molar-refractivity contribution in [3.8, 4) is 0 Å². The van der Waals surface area contributed by atoms with Crippen LogP contribution in [-0.4, -0.2) is 4.68 Å². The van der Waals surface area contributed by atoms with Crippen molar-refractivity contribution in [2.24, 2.45) is 10.9 Å². The topological polar surface area (TPSA) is 69.3 Å². The zero-order chi connectivity index (χ0) is 9.14. The predicted octanol–water partition coefficient (Wildman–Crippen LogP) is 0.0997. The van der Waals surface area contributed by atoms with Gasteiger partial charge < -0.3 is 11.7 Å². The fraction of sp³-hybridized carbons (Fsp3) is 0.375. The van der Waals surface area contributed by atoms with Crippen molar-refractivity contribution in [3.63, 3.8) is 0 Å². The van der Waals surface area contributed by atoms with E-state index in [9.17, 15) is 0 Å². The molecule has 0 aliphatic rings. The minimum Gasteiger partial charge on any atom is -0.338 e. The number of hydrogen-bond acceptors (Lipinski definition) is 3. The molecule has 0 atom stereocenters. The summed E-state index contributed by atoms with van der Waals surface area (Å²) in [6.07, 6.45) is 1.75. The van der Waals surface area contributed by atoms with Crippen LogP contribution in [0, 0.1) is 0 Å². The lowest BCUT2D eigenvalue weighted by molar-refractivity contribution is 0.818. The maximum atomic E-state index is 5.54. The fourth-order valence-corrected chi connectivity index (χ4v) is 0.978. The van der Waals surface area contributed by atoms with Crippen molar-refractivity contribution in [2.75, 3.05) is 5.84 Å². The minimum atomic E-state index is 0.465. The predicted molar refractivity (Wildman–Crippen MR) is 48.4 cm³/mol. The van der Waals surface area contributed by atoms with Gasteiger partial charge in [-0.15, -0.1) is 0 Å². The average Bonchev–Trinajstić information content (AvgIpc) is 2.05. The van der Waals surface area contributed by atoms with E-state index >= 15 is 0 Å². The Bertz CT molecular complexity index is 324. The van der Waals surface area contributed by atoms with Gasteiger partial charge in [0.15, 0.2) is 5.49 Å². The number of nitrogen functional groups attached to an aromatic ring is 1. The molecule has 0 radical (unpaired) electrons. The van der Waals surface area contributed by atoms with Gasteiger partial charge in [-0.2, -0.15) is 5.10 Å². The van der Waals surface area contributed by atoms with E-state index in [2.05, 4.69) is 18.9 Å². The second kappa shape index (κ2) is 3.30. The van der Waals surface area contributed by atoms with Crippen molar-refractivity contribution in [3.05, 3.63) is 29.4 Å². The highest BCUT2D eigenvalue weighted by atomic mass is 15.3. The lowest BCUT2D eigenvalue weighted by atomic mass is 10.1. The van der Waals surface area contributed by atoms with Crippen LogP contribution >= 0.6 is 0 Å². The molecule has 1 aromatic heterocycles. The zero-order valence-corrected chi connectivity index (χ0v) is 7.36. The van der Waals surface area contributed by atoms with Gasteiger partial charge in [0.05, 0.1) is 0 Å². The lowest BCUT2D eigenvalue weighted by Gasteiger charge is -2.06. The Kier molecular flexibility index (Phi) is 2.38. The molecule has 0 unspecified atom stereocenters. The van der Waals surface area contributed by atoms with Crippen LogP contribution in [0.2, 0.25) is 0 Å². The van der Waals surface area contributed by atoms with Gasteiger partial charge in [0.1, 0.15) is 0 Å². The summed E-state index contributed by atoms with van der Waals surface area (Å²) in [6, 6.07) is 3.84. The van der Waals surface area contributed by atoms with Crippen molar-refractivity contribution in [1.29, 1.82) is 0 Å². The first-order valence-corrected chi connectivity index (χ1v) is 3.86. The number of hydrogen-bond donors (Lipinski definition) is 2. The molecule has 0 fully saturated rings. The summed E-state index contributed by atoms with van der Waals surface area (Å²) < 4.78 is 1.39. The molecule has 4 N–H and O–H groups in total. The molecule has 0 bridgehead atoms. The minimum absolute atomic E-state index is 0.465. The first-order valence-electron chi connectivity index (χ1n) is 3.86. The largest absolute Gasteiger partial charge is 0.338 e. The van der Waals surface area contributed by atoms with Crippen LogP contribution in [0.4, 0.5) is 0 Å². The molecule has 1 rings (SSSR count). The van der Waals surface area contributed by atoms with Crippen LogP contribution in [-0.2, 0) is 0 Å². The second-order valence-corrected chi connectivity index (χ2v) is 3.01. The third-order valence-electron chi connectivity index (χ3n) is 1.79. The lowest BCUT2D eigenvalue weighted by Crippen LogP contribution is -2.28. The second-order valence-electron chi connectivity index (χ2n) is 3.01. The number of nitrogens with two attached hydrogens (primary N) is 2. The van der Waals surface area contributed by atoms with E-state index in [0.29, 0.717) is 11.4 Å². The standard InChI is InChI=1S/C8H14N4/c1-6(2)7-3-4-12(10)8(5-7)11-9/h3-6H,9-10H2,1-2H3/b11-8-. The highest BCUT2D eigenvalue weighted by molar-refractivity contribution is 5.14. The summed E-state index contributed by atoms with van der Waals surface area (Å²) in [7, 11) is 0. The van der Waals surface area contributed by atoms with E-state index in [1.165, 1.54) is 10.2 Å². The molecule has 12 heavy (non-hydrogen) atoms. The molecule has 0 amide bonds. The summed E-state index contributed by atoms with van der Waals surface area (Å²) in [5, 5.41) is 3.55. The third kappa shape index (κ3) is 1.58. The quantitative estimate of drug-likeness (QED) is 0.459. The van der Waals surface area contributed by atoms with Gasteiger partial charge in [-0.1, -0.05) is 13.8 Å². The average molecular weight is 166 g/mol. The molecule has 1 aromatic rings. The first-order chi connectivity index (χ1) is 5.65. The van der Waals surface area contributed by atoms with Gasteiger partial charge in [-0.25, -0.2) is 0 Å². The van der Waals surface area contributed by atoms with Crippen LogP contribution in [0.15, 0.2) is 23.4 Å². The normalized spacial score (nSPS) is 12.4. The molecule has 0 saturated heterocycles. The number of nitrogens with zero attached hydrogens (tertiary/aromatic N) is 2. The van der Waals surface area contributed by atoms with E-state index in [0.717, 1.165) is 0 Å². The van der Waals surface area contributed by atoms with Crippen molar-refractivity contribution in [1.82, 2.24) is 4.68 Å². The summed E-state index contributed by atoms with van der Waals surface area (Å²) in [5.41, 5.74) is 1.77. The van der Waals surface area contributed by atoms with Crippen LogP contribution in [0.5, 0.6) is 0 Å². The van der Waals surface area contributed by atoms with Gasteiger partial charge in [-0.05, 0) is 23.6 Å². The van der Waals surface area contributed by atoms with E-state index in [1.54, 1.807) is 6.20 Å². The maximum absolute atomic E-state index is 5.54. The van der Waals surface area contributed by atoms with Crippen LogP contribution in [0.25, 0.3) is 0 Å². The molecule has 0 aromatic carbocycles. The molecule has 66 valence electrons. The number of pyridine rings is 1. The van der Waals surface area contributed by atoms with E-state index < -0.39 is 0 Å². The van der Waals surface area contributed by atoms with Crippen LogP contribution in [0.1, 0.15) is 25.3 Å². The molecule has 0 aliphatic carbocycles. The van der Waals surface area contributed by atoms with Gasteiger partial charge in [0.2, 0.25) is 0 Å². The Labute approximate surface area is 71.5 Å².